The minimum Gasteiger partial charge on any atom is -0.382 e. The Kier molecular flexibility index (Phi) is 2.65. The fourth-order valence-electron chi connectivity index (χ4n) is 0.199. The molecular weight excluding hydrogens is 153 g/mol. The molecule has 3 nitrogen and oxygen atoms in total. The van der Waals surface area contributed by atoms with Crippen LogP contribution in [0.4, 0.5) is 13.2 Å². The molecule has 0 saturated carbocycles. The number of halogens is 3. The molecule has 0 aromatic rings. The van der Waals surface area contributed by atoms with E-state index in [1.165, 1.54) is 0 Å². The van der Waals surface area contributed by atoms with Crippen LogP contribution in [-0.2, 0) is 9.53 Å². The van der Waals surface area contributed by atoms with Gasteiger partial charge in [-0.25, -0.2) is 4.79 Å². The average molecular weight is 158 g/mol. The van der Waals surface area contributed by atoms with Crippen LogP contribution in [0.2, 0.25) is 0 Å². The van der Waals surface area contributed by atoms with Crippen LogP contribution in [0.1, 0.15) is 6.92 Å². The predicted octanol–water partition coefficient (Wildman–Crippen LogP) is 0.430. The highest BCUT2D eigenvalue weighted by Gasteiger charge is 2.35. The maximum atomic E-state index is 11.1. The van der Waals surface area contributed by atoms with E-state index in [0.29, 0.717) is 0 Å². The van der Waals surface area contributed by atoms with Crippen molar-refractivity contribution in [2.45, 2.75) is 19.4 Å². The fraction of sp³-hybridized carbons (Fsp3) is 0.750. The van der Waals surface area contributed by atoms with Crippen molar-refractivity contribution >= 4 is 5.97 Å². The number of hydrogen-bond acceptors (Lipinski definition) is 3. The van der Waals surface area contributed by atoms with Crippen molar-refractivity contribution in [1.29, 1.82) is 0 Å². The van der Waals surface area contributed by atoms with E-state index in [4.69, 9.17) is 5.11 Å². The minimum atomic E-state index is -5.01. The first kappa shape index (κ1) is 9.22. The maximum Gasteiger partial charge on any atom is 0.575 e. The van der Waals surface area contributed by atoms with Gasteiger partial charge in [-0.3, -0.25) is 0 Å². The first-order valence-electron chi connectivity index (χ1n) is 2.30. The summed E-state index contributed by atoms with van der Waals surface area (Å²) in [5.41, 5.74) is 0. The van der Waals surface area contributed by atoms with Gasteiger partial charge in [0.1, 0.15) is 6.10 Å². The van der Waals surface area contributed by atoms with Crippen molar-refractivity contribution < 1.29 is 27.8 Å². The smallest absolute Gasteiger partial charge is 0.382 e. The Morgan fingerprint density at radius 1 is 1.60 bits per heavy atom. The van der Waals surface area contributed by atoms with Crippen molar-refractivity contribution in [2.75, 3.05) is 0 Å². The monoisotopic (exact) mass is 158 g/mol. The van der Waals surface area contributed by atoms with Gasteiger partial charge < -0.3 is 9.84 Å². The van der Waals surface area contributed by atoms with Gasteiger partial charge in [0.15, 0.2) is 0 Å². The van der Waals surface area contributed by atoms with Crippen molar-refractivity contribution in [3.63, 3.8) is 0 Å². The molecular formula is C4H5F3O3. The minimum absolute atomic E-state index is 0.883. The molecule has 0 aromatic carbocycles. The highest BCUT2D eigenvalue weighted by molar-refractivity contribution is 5.73. The van der Waals surface area contributed by atoms with Crippen LogP contribution in [0.5, 0.6) is 0 Å². The molecule has 10 heavy (non-hydrogen) atoms. The quantitative estimate of drug-likeness (QED) is 0.563. The van der Waals surface area contributed by atoms with E-state index in [0.717, 1.165) is 6.92 Å². The largest absolute Gasteiger partial charge is 0.575 e. The molecule has 0 heterocycles. The Labute approximate surface area is 54.4 Å². The second-order valence-electron chi connectivity index (χ2n) is 1.54. The summed E-state index contributed by atoms with van der Waals surface area (Å²) in [5, 5.41) is 8.21. The number of aliphatic hydroxyl groups excluding tert-OH is 1. The Morgan fingerprint density at radius 3 is 2.10 bits per heavy atom. The van der Waals surface area contributed by atoms with Gasteiger partial charge in [0.05, 0.1) is 0 Å². The lowest BCUT2D eigenvalue weighted by Crippen LogP contribution is -2.27. The third-order valence-electron chi connectivity index (χ3n) is 0.557. The third kappa shape index (κ3) is 4.13. The third-order valence-corrected chi connectivity index (χ3v) is 0.557. The number of hydrogen-bond donors (Lipinski definition) is 1. The Hall–Kier alpha value is -0.780. The van der Waals surface area contributed by atoms with Crippen molar-refractivity contribution in [3.05, 3.63) is 0 Å². The molecule has 6 heteroatoms. The SMILES string of the molecule is CC(O)C(=O)OC(F)(F)F. The van der Waals surface area contributed by atoms with Crippen molar-refractivity contribution in [2.24, 2.45) is 0 Å². The summed E-state index contributed by atoms with van der Waals surface area (Å²) >= 11 is 0. The number of alkyl halides is 3. The maximum absolute atomic E-state index is 11.1. The second kappa shape index (κ2) is 2.87. The zero-order chi connectivity index (χ0) is 8.36. The number of aliphatic hydroxyl groups is 1. The zero-order valence-electron chi connectivity index (χ0n) is 4.97. The first-order valence-corrected chi connectivity index (χ1v) is 2.30. The van der Waals surface area contributed by atoms with Crippen LogP contribution < -0.4 is 0 Å². The second-order valence-corrected chi connectivity index (χ2v) is 1.54. The highest BCUT2D eigenvalue weighted by atomic mass is 19.4. The molecule has 0 amide bonds. The topological polar surface area (TPSA) is 46.5 Å². The molecule has 0 rings (SSSR count). The van der Waals surface area contributed by atoms with Crippen LogP contribution in [0.15, 0.2) is 0 Å². The molecule has 0 aliphatic rings. The number of esters is 1. The van der Waals surface area contributed by atoms with Gasteiger partial charge in [0.25, 0.3) is 0 Å². The van der Waals surface area contributed by atoms with Gasteiger partial charge >= 0.3 is 12.3 Å². The molecule has 0 aliphatic heterocycles. The van der Waals surface area contributed by atoms with Gasteiger partial charge in [0, 0.05) is 0 Å². The molecule has 0 spiro atoms. The summed E-state index contributed by atoms with van der Waals surface area (Å²) < 4.78 is 36.1. The van der Waals surface area contributed by atoms with Gasteiger partial charge in [0.2, 0.25) is 0 Å². The normalized spacial score (nSPS) is 14.5. The van der Waals surface area contributed by atoms with Crippen molar-refractivity contribution in [3.8, 4) is 0 Å². The molecule has 60 valence electrons. The lowest BCUT2D eigenvalue weighted by molar-refractivity contribution is -0.308. The van der Waals surface area contributed by atoms with E-state index in [1.807, 2.05) is 0 Å². The van der Waals surface area contributed by atoms with Crippen LogP contribution in [0, 0.1) is 0 Å². The molecule has 0 saturated heterocycles. The summed E-state index contributed by atoms with van der Waals surface area (Å²) in [6, 6.07) is 0. The Morgan fingerprint density at radius 2 is 2.00 bits per heavy atom. The van der Waals surface area contributed by atoms with E-state index >= 15 is 0 Å². The Bertz CT molecular complexity index is 128. The molecule has 0 aliphatic carbocycles. The summed E-state index contributed by atoms with van der Waals surface area (Å²) in [4.78, 5) is 9.97. The van der Waals surface area contributed by atoms with Crippen LogP contribution in [0.25, 0.3) is 0 Å². The highest BCUT2D eigenvalue weighted by Crippen LogP contribution is 2.16. The van der Waals surface area contributed by atoms with E-state index in [2.05, 4.69) is 4.74 Å². The number of rotatable bonds is 1. The van der Waals surface area contributed by atoms with Gasteiger partial charge in [-0.05, 0) is 6.92 Å². The summed E-state index contributed by atoms with van der Waals surface area (Å²) in [7, 11) is 0. The molecule has 0 radical (unpaired) electrons. The standard InChI is InChI=1S/C4H5F3O3/c1-2(8)3(9)10-4(5,6)7/h2,8H,1H3. The predicted molar refractivity (Wildman–Crippen MR) is 23.8 cm³/mol. The number of carbonyl (C=O) groups is 1. The van der Waals surface area contributed by atoms with Gasteiger partial charge in [-0.2, -0.15) is 0 Å². The van der Waals surface area contributed by atoms with Crippen molar-refractivity contribution in [1.82, 2.24) is 0 Å². The van der Waals surface area contributed by atoms with E-state index < -0.39 is 18.4 Å². The Balaban J connectivity index is 3.81. The molecule has 1 atom stereocenters. The molecule has 0 aromatic heterocycles. The lowest BCUT2D eigenvalue weighted by atomic mass is 10.4. The summed E-state index contributed by atoms with van der Waals surface area (Å²) in [6.07, 6.45) is -6.75. The first-order chi connectivity index (χ1) is 4.33. The van der Waals surface area contributed by atoms with E-state index in [-0.39, 0.29) is 0 Å². The average Bonchev–Trinajstić information content (AvgIpc) is 1.60. The fourth-order valence-corrected chi connectivity index (χ4v) is 0.199. The number of carbonyl (C=O) groups excluding carboxylic acids is 1. The molecule has 1 N–H and O–H groups in total. The zero-order valence-corrected chi connectivity index (χ0v) is 4.97. The molecule has 0 fully saturated rings. The van der Waals surface area contributed by atoms with Gasteiger partial charge in [-0.15, -0.1) is 13.2 Å². The van der Waals surface area contributed by atoms with Crippen LogP contribution in [-0.4, -0.2) is 23.5 Å². The molecule has 0 bridgehead atoms. The number of ether oxygens (including phenoxy) is 1. The van der Waals surface area contributed by atoms with Crippen LogP contribution in [0.3, 0.4) is 0 Å². The van der Waals surface area contributed by atoms with E-state index in [9.17, 15) is 18.0 Å². The molecule has 1 unspecified atom stereocenters. The summed E-state index contributed by atoms with van der Waals surface area (Å²) in [5.74, 6) is -1.70. The van der Waals surface area contributed by atoms with Gasteiger partial charge in [-0.1, -0.05) is 0 Å². The van der Waals surface area contributed by atoms with Crippen LogP contribution >= 0.6 is 0 Å². The lowest BCUT2D eigenvalue weighted by Gasteiger charge is -2.07. The van der Waals surface area contributed by atoms with E-state index in [1.54, 1.807) is 0 Å². The summed E-state index contributed by atoms with van der Waals surface area (Å²) in [6.45, 7) is 0.883.